The molecule has 0 saturated heterocycles. The number of allylic oxidation sites excluding steroid dienone is 2. The smallest absolute Gasteiger partial charge is 0.303 e. The highest BCUT2D eigenvalue weighted by molar-refractivity contribution is 7.10. The molecule has 0 radical (unpaired) electrons. The molecule has 3 unspecified atom stereocenters. The van der Waals surface area contributed by atoms with Crippen LogP contribution in [0.5, 0.6) is 0 Å². The maximum Gasteiger partial charge on any atom is 0.303 e. The van der Waals surface area contributed by atoms with E-state index < -0.39 is 5.97 Å². The van der Waals surface area contributed by atoms with Crippen molar-refractivity contribution in [3.8, 4) is 0 Å². The first-order valence-corrected chi connectivity index (χ1v) is 11.4. The van der Waals surface area contributed by atoms with Gasteiger partial charge in [-0.3, -0.25) is 4.79 Å². The zero-order chi connectivity index (χ0) is 22.2. The van der Waals surface area contributed by atoms with Crippen LogP contribution in [0.15, 0.2) is 24.3 Å². The number of unbranched alkanes of at least 4 members (excludes halogenated alkanes) is 3. The van der Waals surface area contributed by atoms with Gasteiger partial charge in [0.25, 0.3) is 0 Å². The molecule has 0 aromatic rings. The van der Waals surface area contributed by atoms with Crippen LogP contribution in [0.4, 0.5) is 0 Å². The molecule has 0 amide bonds. The molecule has 1 fully saturated rings. The predicted molar refractivity (Wildman–Crippen MR) is 124 cm³/mol. The highest BCUT2D eigenvalue weighted by Crippen LogP contribution is 2.41. The molecule has 1 aliphatic carbocycles. The monoisotopic (exact) mass is 454 g/mol. The summed E-state index contributed by atoms with van der Waals surface area (Å²) in [5.74, 6) is -0.435. The summed E-state index contributed by atoms with van der Waals surface area (Å²) in [6, 6.07) is 0. The van der Waals surface area contributed by atoms with E-state index in [0.717, 1.165) is 44.9 Å². The second-order valence-electron chi connectivity index (χ2n) is 7.34. The number of aliphatic carboxylic acids is 1. The van der Waals surface area contributed by atoms with Crippen molar-refractivity contribution in [1.29, 1.82) is 2.56 Å². The van der Waals surface area contributed by atoms with E-state index in [1.165, 1.54) is 0 Å². The summed E-state index contributed by atoms with van der Waals surface area (Å²) >= 11 is 0. The lowest BCUT2D eigenvalue weighted by atomic mass is 9.89. The molecular formula is C20H37O5P3. The molecule has 5 nitrogen and oxygen atoms in total. The van der Waals surface area contributed by atoms with Crippen LogP contribution in [0, 0.1) is 11.8 Å². The number of hydrogen-bond acceptors (Lipinski definition) is 4. The van der Waals surface area contributed by atoms with Gasteiger partial charge in [-0.15, -0.1) is 0 Å². The van der Waals surface area contributed by atoms with Gasteiger partial charge in [0.1, 0.15) is 0 Å². The van der Waals surface area contributed by atoms with Crippen LogP contribution in [0.25, 0.3) is 0 Å². The number of carbonyl (C=O) groups is 1. The van der Waals surface area contributed by atoms with Crippen LogP contribution in [0.3, 0.4) is 0 Å². The Hall–Kier alpha value is 0.120. The van der Waals surface area contributed by atoms with Gasteiger partial charge in [-0.25, -0.2) is 0 Å². The minimum atomic E-state index is -0.763. The first-order chi connectivity index (χ1) is 14.6. The molecule has 0 aromatic carbocycles. The third-order valence-corrected chi connectivity index (χ3v) is 6.27. The van der Waals surface area contributed by atoms with Crippen molar-refractivity contribution in [1.82, 2.24) is 0 Å². The quantitative estimate of drug-likeness (QED) is 0.179. The molecule has 0 aliphatic heterocycles. The van der Waals surface area contributed by atoms with Crippen molar-refractivity contribution in [2.24, 2.45) is 11.8 Å². The molecular weight excluding hydrogens is 413 g/mol. The van der Waals surface area contributed by atoms with Crippen LogP contribution in [-0.4, -0.2) is 31.9 Å². The van der Waals surface area contributed by atoms with E-state index in [-0.39, 0.29) is 55.4 Å². The van der Waals surface area contributed by atoms with E-state index >= 15 is 0 Å². The summed E-state index contributed by atoms with van der Waals surface area (Å²) in [6.45, 7) is 2.17. The summed E-state index contributed by atoms with van der Waals surface area (Å²) < 4.78 is 31.9. The molecule has 0 bridgehead atoms. The van der Waals surface area contributed by atoms with Crippen molar-refractivity contribution < 1.29 is 23.5 Å². The van der Waals surface area contributed by atoms with Gasteiger partial charge < -0.3 is 18.7 Å². The normalized spacial score (nSPS) is 28.2. The molecule has 0 aromatic heterocycles. The fraction of sp³-hybridized carbons (Fsp3) is 0.750. The van der Waals surface area contributed by atoms with Gasteiger partial charge in [0.15, 0.2) is 0 Å². The first-order valence-electron chi connectivity index (χ1n) is 11.1. The average molecular weight is 454 g/mol. The van der Waals surface area contributed by atoms with E-state index in [9.17, 15) is 4.79 Å². The van der Waals surface area contributed by atoms with Crippen molar-refractivity contribution in [3.63, 3.8) is 0 Å². The Morgan fingerprint density at radius 3 is 2.79 bits per heavy atom. The zero-order valence-electron chi connectivity index (χ0n) is 18.7. The molecule has 8 atom stereocenters. The Labute approximate surface area is 179 Å². The van der Waals surface area contributed by atoms with E-state index in [0.29, 0.717) is 6.42 Å². The van der Waals surface area contributed by atoms with Gasteiger partial charge in [0.05, 0.1) is 20.9 Å². The largest absolute Gasteiger partial charge is 0.481 e. The zero-order valence-corrected chi connectivity index (χ0v) is 19.9. The third kappa shape index (κ3) is 9.75. The molecule has 1 aliphatic rings. The Morgan fingerprint density at radius 2 is 2.11 bits per heavy atom. The van der Waals surface area contributed by atoms with Crippen LogP contribution >= 0.6 is 28.3 Å². The summed E-state index contributed by atoms with van der Waals surface area (Å²) in [5.41, 5.74) is 0. The van der Waals surface area contributed by atoms with Crippen molar-refractivity contribution in [3.05, 3.63) is 24.3 Å². The summed E-state index contributed by atoms with van der Waals surface area (Å²) in [5, 5.41) is 8.73. The summed E-state index contributed by atoms with van der Waals surface area (Å²) in [4.78, 5) is 10.6. The topological polar surface area (TPSA) is 65.0 Å². The minimum absolute atomic E-state index is 0.0205. The first kappa shape index (κ1) is 22.8. The lowest BCUT2D eigenvalue weighted by molar-refractivity contribution is -0.137. The maximum atomic E-state index is 10.6. The molecule has 0 heterocycles. The average Bonchev–Trinajstić information content (AvgIpc) is 3.05. The molecule has 8 heteroatoms. The van der Waals surface area contributed by atoms with Crippen LogP contribution < -0.4 is 0 Å². The lowest BCUT2D eigenvalue weighted by Crippen LogP contribution is -2.21. The molecule has 162 valence electrons. The third-order valence-electron chi connectivity index (χ3n) is 5.32. The summed E-state index contributed by atoms with van der Waals surface area (Å²) in [6.07, 6.45) is 15.7. The second kappa shape index (κ2) is 15.9. The van der Waals surface area contributed by atoms with Crippen molar-refractivity contribution >= 4 is 34.3 Å². The van der Waals surface area contributed by atoms with Gasteiger partial charge in [-0.2, -0.15) is 0 Å². The fourth-order valence-electron chi connectivity index (χ4n) is 3.73. The number of carboxylic acid groups (broad SMARTS) is 1. The van der Waals surface area contributed by atoms with E-state index in [1.54, 1.807) is 0 Å². The molecule has 1 rings (SSSR count). The second-order valence-corrected chi connectivity index (χ2v) is 8.08. The Morgan fingerprint density at radius 1 is 1.25 bits per heavy atom. The van der Waals surface area contributed by atoms with Gasteiger partial charge in [0, 0.05) is 47.0 Å². The van der Waals surface area contributed by atoms with Crippen LogP contribution in [0.1, 0.15) is 64.7 Å². The highest BCUT2D eigenvalue weighted by atomic mass is 31.0. The fourth-order valence-corrected chi connectivity index (χ4v) is 4.49. The van der Waals surface area contributed by atoms with Gasteiger partial charge in [0.2, 0.25) is 0 Å². The van der Waals surface area contributed by atoms with Crippen molar-refractivity contribution in [2.75, 3.05) is 0 Å². The minimum Gasteiger partial charge on any atom is -0.481 e. The molecule has 1 N–H and O–H groups in total. The lowest BCUT2D eigenvalue weighted by Gasteiger charge is -2.22. The SMILES string of the molecule is [3H]PO[C@H](C=C[C@@H]1[C@@H](CC=CCCCC(=O)O)[C@@H](OP)C[C@H]1OP[3H])CCCCC. The Kier molecular flexibility index (Phi) is 12.9. The van der Waals surface area contributed by atoms with Gasteiger partial charge >= 0.3 is 5.97 Å². The van der Waals surface area contributed by atoms with Crippen molar-refractivity contribution in [2.45, 2.75) is 83.0 Å². The van der Waals surface area contributed by atoms with E-state index in [1.807, 2.05) is 6.08 Å². The molecule has 1 saturated carbocycles. The summed E-state index contributed by atoms with van der Waals surface area (Å²) in [7, 11) is 1.75. The van der Waals surface area contributed by atoms with Crippen LogP contribution in [-0.2, 0) is 18.4 Å². The molecule has 28 heavy (non-hydrogen) atoms. The Balaban J connectivity index is 2.79. The predicted octanol–water partition coefficient (Wildman–Crippen LogP) is 5.49. The Bertz CT molecular complexity index is 525. The maximum absolute atomic E-state index is 10.6. The number of hydrogen-bond donors (Lipinski definition) is 1. The number of carboxylic acids is 1. The van der Waals surface area contributed by atoms with E-state index in [2.05, 4.69) is 34.6 Å². The van der Waals surface area contributed by atoms with Crippen LogP contribution in [0.2, 0.25) is 0 Å². The van der Waals surface area contributed by atoms with Gasteiger partial charge in [-0.1, -0.05) is 50.5 Å². The van der Waals surface area contributed by atoms with Gasteiger partial charge in [-0.05, 0) is 31.6 Å². The number of rotatable bonds is 17. The molecule has 0 spiro atoms. The van der Waals surface area contributed by atoms with E-state index in [4.69, 9.17) is 21.2 Å². The standard InChI is InChI=1S/C20H37O5P3/c1-2-3-6-9-15(23-26)12-13-17-16(18(24-27)14-19(17)25-28)10-7-4-5-8-11-20(21)22/h4,7,12-13,15-19H,2-3,5-6,8-11,14,26-28H2,1H3,(H,21,22)/t15-,16+,17+,18-,19+/m0/s1/i26T,28T/t15-,16+,17+,18-,19+,26?,28?. The highest BCUT2D eigenvalue weighted by Gasteiger charge is 2.41.